The lowest BCUT2D eigenvalue weighted by Gasteiger charge is -2.32. The molecule has 2 fully saturated rings. The maximum atomic E-state index is 13.0. The number of sulfone groups is 2. The average Bonchev–Trinajstić information content (AvgIpc) is 2.46. The van der Waals surface area contributed by atoms with Gasteiger partial charge in [0, 0.05) is 0 Å². The number of nitrogens with zero attached hydrogens (tertiary/aromatic N) is 2. The fraction of sp³-hybridized carbons (Fsp3) is 0.941. The van der Waals surface area contributed by atoms with Gasteiger partial charge >= 0.3 is 4.38 Å². The predicted octanol–water partition coefficient (Wildman–Crippen LogP) is 3.05. The molecule has 0 N–H and O–H groups in total. The molecule has 0 heterocycles. The summed E-state index contributed by atoms with van der Waals surface area (Å²) in [7, 11) is -8.36. The van der Waals surface area contributed by atoms with Crippen molar-refractivity contribution >= 4 is 24.1 Å². The van der Waals surface area contributed by atoms with Crippen molar-refractivity contribution in [2.24, 2.45) is 23.7 Å². The lowest BCUT2D eigenvalue weighted by Crippen LogP contribution is -2.45. The molecule has 2 aliphatic rings. The highest BCUT2D eigenvalue weighted by Gasteiger charge is 2.53. The average molecular weight is 391 g/mol. The van der Waals surface area contributed by atoms with E-state index in [0.717, 1.165) is 25.7 Å². The zero-order valence-electron chi connectivity index (χ0n) is 15.6. The number of hydrogen-bond acceptors (Lipinski definition) is 4. The Labute approximate surface area is 151 Å². The van der Waals surface area contributed by atoms with Crippen molar-refractivity contribution in [3.05, 3.63) is 5.53 Å². The molecule has 25 heavy (non-hydrogen) atoms. The van der Waals surface area contributed by atoms with Crippen LogP contribution in [-0.2, 0) is 19.7 Å². The lowest BCUT2D eigenvalue weighted by atomic mass is 9.83. The first-order valence-corrected chi connectivity index (χ1v) is 12.3. The molecule has 0 radical (unpaired) electrons. The normalized spacial score (nSPS) is 37.3. The van der Waals surface area contributed by atoms with Crippen LogP contribution in [0.25, 0.3) is 5.53 Å². The van der Waals surface area contributed by atoms with Gasteiger partial charge in [0.25, 0.3) is 19.7 Å². The molecule has 2 saturated carbocycles. The topological polar surface area (TPSA) is 105 Å². The van der Waals surface area contributed by atoms with Gasteiger partial charge in [0.1, 0.15) is 0 Å². The standard InChI is InChI=1S/C17H30N2O4S2/c1-11-5-7-15(13(3)9-11)24(20,21)17(19-18)25(22,23)16-8-6-12(2)10-14(16)4/h11-16H,5-10H2,1-4H3. The Hall–Kier alpha value is -0.720. The summed E-state index contributed by atoms with van der Waals surface area (Å²) in [5, 5.41) is -1.58. The summed E-state index contributed by atoms with van der Waals surface area (Å²) < 4.78 is 51.1. The van der Waals surface area contributed by atoms with E-state index in [2.05, 4.69) is 18.6 Å². The quantitative estimate of drug-likeness (QED) is 0.313. The molecule has 0 bridgehead atoms. The Bertz CT molecular complexity index is 696. The van der Waals surface area contributed by atoms with Crippen LogP contribution in [0.2, 0.25) is 0 Å². The smallest absolute Gasteiger partial charge is 0.359 e. The number of rotatable bonds is 2. The fourth-order valence-corrected chi connectivity index (χ4v) is 9.85. The van der Waals surface area contributed by atoms with Crippen molar-refractivity contribution in [2.45, 2.75) is 76.7 Å². The van der Waals surface area contributed by atoms with E-state index < -0.39 is 34.6 Å². The molecular weight excluding hydrogens is 360 g/mol. The van der Waals surface area contributed by atoms with Crippen LogP contribution in [0.1, 0.15) is 66.2 Å². The maximum absolute atomic E-state index is 13.0. The highest BCUT2D eigenvalue weighted by molar-refractivity contribution is 8.31. The zero-order valence-corrected chi connectivity index (χ0v) is 17.2. The highest BCUT2D eigenvalue weighted by Crippen LogP contribution is 2.37. The first-order valence-electron chi connectivity index (χ1n) is 9.21. The molecule has 0 aromatic heterocycles. The first kappa shape index (κ1) is 20.6. The fourth-order valence-electron chi connectivity index (χ4n) is 4.73. The molecule has 0 saturated heterocycles. The van der Waals surface area contributed by atoms with Gasteiger partial charge in [0.05, 0.1) is 10.5 Å². The largest absolute Gasteiger partial charge is 0.495 e. The molecule has 0 aliphatic heterocycles. The molecule has 6 unspecified atom stereocenters. The Morgan fingerprint density at radius 1 is 0.760 bits per heavy atom. The van der Waals surface area contributed by atoms with Crippen molar-refractivity contribution in [3.8, 4) is 0 Å². The molecule has 0 spiro atoms. The van der Waals surface area contributed by atoms with Crippen LogP contribution in [0, 0.1) is 23.7 Å². The van der Waals surface area contributed by atoms with Gasteiger partial charge in [-0.2, -0.15) is 0 Å². The molecule has 6 atom stereocenters. The van der Waals surface area contributed by atoms with Crippen molar-refractivity contribution in [1.82, 2.24) is 0 Å². The van der Waals surface area contributed by atoms with E-state index in [1.807, 2.05) is 13.8 Å². The van der Waals surface area contributed by atoms with E-state index in [4.69, 9.17) is 0 Å². The van der Waals surface area contributed by atoms with E-state index in [1.54, 1.807) is 0 Å². The van der Waals surface area contributed by atoms with Crippen LogP contribution in [0.4, 0.5) is 0 Å². The van der Waals surface area contributed by atoms with Crippen LogP contribution in [0.3, 0.4) is 0 Å². The van der Waals surface area contributed by atoms with Crippen LogP contribution in [-0.4, -0.2) is 36.5 Å². The third-order valence-corrected chi connectivity index (χ3v) is 11.6. The monoisotopic (exact) mass is 390 g/mol. The molecule has 2 aliphatic carbocycles. The Morgan fingerprint density at radius 3 is 1.40 bits per heavy atom. The van der Waals surface area contributed by atoms with Crippen LogP contribution < -0.4 is 0 Å². The van der Waals surface area contributed by atoms with Crippen molar-refractivity contribution in [1.29, 1.82) is 0 Å². The van der Waals surface area contributed by atoms with Gasteiger partial charge in [-0.15, -0.1) is 4.79 Å². The summed E-state index contributed by atoms with van der Waals surface area (Å²) in [4.78, 5) is 2.83. The van der Waals surface area contributed by atoms with E-state index in [1.165, 1.54) is 0 Å². The molecule has 2 rings (SSSR count). The highest BCUT2D eigenvalue weighted by atomic mass is 32.3. The van der Waals surface area contributed by atoms with Gasteiger partial charge in [0.15, 0.2) is 0 Å². The van der Waals surface area contributed by atoms with Gasteiger partial charge < -0.3 is 5.53 Å². The van der Waals surface area contributed by atoms with E-state index in [0.29, 0.717) is 24.7 Å². The summed E-state index contributed by atoms with van der Waals surface area (Å²) in [6.07, 6.45) is 3.78. The van der Waals surface area contributed by atoms with E-state index in [9.17, 15) is 22.4 Å². The van der Waals surface area contributed by atoms with Crippen molar-refractivity contribution < 1.29 is 21.6 Å². The molecular formula is C17H30N2O4S2. The predicted molar refractivity (Wildman–Crippen MR) is 98.4 cm³/mol. The summed E-state index contributed by atoms with van der Waals surface area (Å²) >= 11 is 0. The first-order chi connectivity index (χ1) is 11.5. The van der Waals surface area contributed by atoms with E-state index >= 15 is 0 Å². The molecule has 144 valence electrons. The summed E-state index contributed by atoms with van der Waals surface area (Å²) in [6.45, 7) is 7.82. The molecule has 8 heteroatoms. The minimum Gasteiger partial charge on any atom is -0.359 e. The van der Waals surface area contributed by atoms with Gasteiger partial charge in [-0.1, -0.05) is 27.7 Å². The molecule has 6 nitrogen and oxygen atoms in total. The Kier molecular flexibility index (Phi) is 6.17. The van der Waals surface area contributed by atoms with Crippen LogP contribution in [0.15, 0.2) is 0 Å². The molecule has 0 amide bonds. The van der Waals surface area contributed by atoms with Gasteiger partial charge in [-0.05, 0) is 62.2 Å². The van der Waals surface area contributed by atoms with Gasteiger partial charge in [-0.25, -0.2) is 16.8 Å². The zero-order chi connectivity index (χ0) is 19.0. The SMILES string of the molecule is CC1CCC(S(=O)(=O)C(=[N+]=[N-])S(=O)(=O)C2CCC(C)CC2C)C(C)C1. The summed E-state index contributed by atoms with van der Waals surface area (Å²) in [5.41, 5.74) is 9.36. The summed E-state index contributed by atoms with van der Waals surface area (Å²) in [6, 6.07) is 0. The van der Waals surface area contributed by atoms with Gasteiger partial charge in [-0.3, -0.25) is 0 Å². The minimum atomic E-state index is -4.18. The minimum absolute atomic E-state index is 0.149. The van der Waals surface area contributed by atoms with E-state index in [-0.39, 0.29) is 11.8 Å². The third kappa shape index (κ3) is 4.01. The Balaban J connectivity index is 2.36. The second-order valence-electron chi connectivity index (χ2n) is 8.32. The number of hydrogen-bond donors (Lipinski definition) is 0. The van der Waals surface area contributed by atoms with Crippen molar-refractivity contribution in [3.63, 3.8) is 0 Å². The van der Waals surface area contributed by atoms with Gasteiger partial charge in [0.2, 0.25) is 0 Å². The Morgan fingerprint density at radius 2 is 1.12 bits per heavy atom. The second-order valence-corrected chi connectivity index (χ2v) is 12.7. The third-order valence-electron chi connectivity index (χ3n) is 6.07. The van der Waals surface area contributed by atoms with Crippen LogP contribution in [0.5, 0.6) is 0 Å². The van der Waals surface area contributed by atoms with Crippen LogP contribution >= 0.6 is 0 Å². The second kappa shape index (κ2) is 7.49. The lowest BCUT2D eigenvalue weighted by molar-refractivity contribution is 0.00345. The van der Waals surface area contributed by atoms with Crippen molar-refractivity contribution in [2.75, 3.05) is 0 Å². The summed E-state index contributed by atoms with van der Waals surface area (Å²) in [5.74, 6) is 0.550. The maximum Gasteiger partial charge on any atom is 0.495 e. The molecule has 0 aromatic carbocycles. The molecule has 0 aromatic rings.